The van der Waals surface area contributed by atoms with Crippen molar-refractivity contribution in [2.24, 2.45) is 0 Å². The Morgan fingerprint density at radius 3 is 2.19 bits per heavy atom. The van der Waals surface area contributed by atoms with Crippen LogP contribution in [0.1, 0.15) is 54.2 Å². The maximum absolute atomic E-state index is 12.4. The van der Waals surface area contributed by atoms with Crippen LogP contribution >= 0.6 is 11.8 Å². The van der Waals surface area contributed by atoms with E-state index in [1.54, 1.807) is 17.8 Å². The Hall–Kier alpha value is -2.00. The van der Waals surface area contributed by atoms with Gasteiger partial charge in [0.15, 0.2) is 5.78 Å². The molecule has 3 heteroatoms. The Labute approximate surface area is 161 Å². The van der Waals surface area contributed by atoms with Crippen LogP contribution in [0.15, 0.2) is 47.4 Å². The number of rotatable bonds is 7. The summed E-state index contributed by atoms with van der Waals surface area (Å²) in [5.41, 5.74) is 3.70. The summed E-state index contributed by atoms with van der Waals surface area (Å²) in [6.45, 7) is 10.4. The Bertz CT molecular complexity index is 778. The highest BCUT2D eigenvalue weighted by Gasteiger charge is 2.19. The first-order chi connectivity index (χ1) is 12.3. The van der Waals surface area contributed by atoms with Crippen molar-refractivity contribution in [3.05, 3.63) is 64.7 Å². The molecule has 0 fully saturated rings. The van der Waals surface area contributed by atoms with Gasteiger partial charge in [0, 0.05) is 10.5 Å². The number of ketones is 1. The van der Waals surface area contributed by atoms with Crippen molar-refractivity contribution >= 4 is 23.6 Å². The molecule has 0 aliphatic rings. The average Bonchev–Trinajstić information content (AvgIpc) is 2.63. The van der Waals surface area contributed by atoms with E-state index < -0.39 is 0 Å². The molecule has 0 saturated heterocycles. The van der Waals surface area contributed by atoms with Gasteiger partial charge in [-0.2, -0.15) is 0 Å². The fourth-order valence-corrected chi connectivity index (χ4v) is 3.02. The van der Waals surface area contributed by atoms with Gasteiger partial charge in [-0.1, -0.05) is 13.0 Å². The lowest BCUT2D eigenvalue weighted by Gasteiger charge is -2.27. The molecule has 26 heavy (non-hydrogen) atoms. The topological polar surface area (TPSA) is 26.3 Å². The summed E-state index contributed by atoms with van der Waals surface area (Å²) in [4.78, 5) is 13.5. The predicted octanol–water partition coefficient (Wildman–Crippen LogP) is 6.49. The maximum Gasteiger partial charge on any atom is 0.185 e. The van der Waals surface area contributed by atoms with Crippen molar-refractivity contribution in [3.8, 4) is 5.75 Å². The number of ether oxygens (including phenoxy) is 1. The van der Waals surface area contributed by atoms with Gasteiger partial charge in [0.05, 0.1) is 0 Å². The summed E-state index contributed by atoms with van der Waals surface area (Å²) >= 11 is 1.67. The number of thioether (sulfide) groups is 1. The van der Waals surface area contributed by atoms with Crippen molar-refractivity contribution in [3.63, 3.8) is 0 Å². The van der Waals surface area contributed by atoms with Crippen LogP contribution in [0.5, 0.6) is 5.75 Å². The number of carbonyl (C=O) groups excluding carboxylic acids is 1. The molecule has 2 aromatic carbocycles. The van der Waals surface area contributed by atoms with Gasteiger partial charge in [0.1, 0.15) is 11.4 Å². The predicted molar refractivity (Wildman–Crippen MR) is 113 cm³/mol. The number of carbonyl (C=O) groups is 1. The highest BCUT2D eigenvalue weighted by Crippen LogP contribution is 2.30. The van der Waals surface area contributed by atoms with Gasteiger partial charge in [-0.15, -0.1) is 11.8 Å². The van der Waals surface area contributed by atoms with Crippen LogP contribution < -0.4 is 4.74 Å². The number of benzene rings is 2. The van der Waals surface area contributed by atoms with Gasteiger partial charge >= 0.3 is 0 Å². The van der Waals surface area contributed by atoms with Crippen molar-refractivity contribution in [2.45, 2.75) is 51.5 Å². The standard InChI is InChI=1S/C23H28O2S/c1-7-23(4,5)25-22-16(2)14-18(15-17(22)3)8-13-21(24)19-9-11-20(26-6)12-10-19/h8-15H,7H2,1-6H3/b13-8-. The minimum Gasteiger partial charge on any atom is -0.487 e. The lowest BCUT2D eigenvalue weighted by atomic mass is 10.0. The fraction of sp³-hybridized carbons (Fsp3) is 0.348. The van der Waals surface area contributed by atoms with Gasteiger partial charge in [0.2, 0.25) is 0 Å². The SMILES string of the molecule is CCC(C)(C)Oc1c(C)cc(/C=C\C(=O)c2ccc(SC)cc2)cc1C. The van der Waals surface area contributed by atoms with E-state index in [4.69, 9.17) is 4.74 Å². The molecule has 0 heterocycles. The Morgan fingerprint density at radius 2 is 1.69 bits per heavy atom. The largest absolute Gasteiger partial charge is 0.487 e. The minimum atomic E-state index is -0.189. The molecule has 0 N–H and O–H groups in total. The zero-order chi connectivity index (χ0) is 19.3. The van der Waals surface area contributed by atoms with Gasteiger partial charge in [-0.05, 0) is 99.5 Å². The monoisotopic (exact) mass is 368 g/mol. The number of allylic oxidation sites excluding steroid dienone is 1. The zero-order valence-electron chi connectivity index (χ0n) is 16.6. The molecule has 0 radical (unpaired) electrons. The van der Waals surface area contributed by atoms with Gasteiger partial charge in [-0.3, -0.25) is 4.79 Å². The summed E-state index contributed by atoms with van der Waals surface area (Å²) in [6.07, 6.45) is 6.48. The van der Waals surface area contributed by atoms with E-state index in [9.17, 15) is 4.79 Å². The van der Waals surface area contributed by atoms with Gasteiger partial charge < -0.3 is 4.74 Å². The van der Waals surface area contributed by atoms with Crippen LogP contribution in [0, 0.1) is 13.8 Å². The molecule has 2 aromatic rings. The van der Waals surface area contributed by atoms with E-state index in [0.717, 1.165) is 33.8 Å². The highest BCUT2D eigenvalue weighted by molar-refractivity contribution is 7.98. The Morgan fingerprint density at radius 1 is 1.12 bits per heavy atom. The van der Waals surface area contributed by atoms with Crippen LogP contribution in [0.2, 0.25) is 0 Å². The summed E-state index contributed by atoms with van der Waals surface area (Å²) < 4.78 is 6.19. The molecular formula is C23H28O2S. The van der Waals surface area contributed by atoms with Crippen molar-refractivity contribution in [1.82, 2.24) is 0 Å². The average molecular weight is 369 g/mol. The number of aryl methyl sites for hydroxylation is 2. The second-order valence-electron chi connectivity index (χ2n) is 7.13. The lowest BCUT2D eigenvalue weighted by molar-refractivity contribution is 0.103. The first-order valence-electron chi connectivity index (χ1n) is 8.92. The molecule has 2 rings (SSSR count). The smallest absolute Gasteiger partial charge is 0.185 e. The fourth-order valence-electron chi connectivity index (χ4n) is 2.61. The van der Waals surface area contributed by atoms with E-state index in [1.807, 2.05) is 50.4 Å². The van der Waals surface area contributed by atoms with E-state index >= 15 is 0 Å². The first kappa shape index (κ1) is 20.3. The van der Waals surface area contributed by atoms with Gasteiger partial charge in [-0.25, -0.2) is 0 Å². The molecule has 0 saturated carbocycles. The third kappa shape index (κ3) is 5.25. The van der Waals surface area contributed by atoms with Crippen molar-refractivity contribution in [2.75, 3.05) is 6.26 Å². The molecule has 0 aliphatic carbocycles. The molecule has 0 aliphatic heterocycles. The first-order valence-corrected chi connectivity index (χ1v) is 10.1. The summed E-state index contributed by atoms with van der Waals surface area (Å²) in [5, 5.41) is 0. The van der Waals surface area contributed by atoms with Crippen LogP contribution in [-0.2, 0) is 0 Å². The Kier molecular flexibility index (Phi) is 6.71. The second-order valence-corrected chi connectivity index (χ2v) is 8.00. The molecule has 0 spiro atoms. The van der Waals surface area contributed by atoms with E-state index in [-0.39, 0.29) is 11.4 Å². The zero-order valence-corrected chi connectivity index (χ0v) is 17.4. The third-order valence-electron chi connectivity index (χ3n) is 4.51. The van der Waals surface area contributed by atoms with E-state index in [0.29, 0.717) is 5.56 Å². The minimum absolute atomic E-state index is 0.0143. The quantitative estimate of drug-likeness (QED) is 0.317. The molecule has 2 nitrogen and oxygen atoms in total. The van der Waals surface area contributed by atoms with Crippen LogP contribution in [0.25, 0.3) is 6.08 Å². The molecule has 138 valence electrons. The maximum atomic E-state index is 12.4. The molecule has 0 aromatic heterocycles. The second kappa shape index (κ2) is 8.59. The third-order valence-corrected chi connectivity index (χ3v) is 5.26. The lowest BCUT2D eigenvalue weighted by Crippen LogP contribution is -2.27. The molecular weight excluding hydrogens is 340 g/mol. The van der Waals surface area contributed by atoms with Crippen molar-refractivity contribution in [1.29, 1.82) is 0 Å². The number of hydrogen-bond donors (Lipinski definition) is 0. The molecule has 0 atom stereocenters. The number of hydrogen-bond acceptors (Lipinski definition) is 3. The summed E-state index contributed by atoms with van der Waals surface area (Å²) in [5.74, 6) is 0.952. The van der Waals surface area contributed by atoms with Crippen molar-refractivity contribution < 1.29 is 9.53 Å². The van der Waals surface area contributed by atoms with Gasteiger partial charge in [0.25, 0.3) is 0 Å². The molecule has 0 unspecified atom stereocenters. The Balaban J connectivity index is 2.18. The summed E-state index contributed by atoms with van der Waals surface area (Å²) in [7, 11) is 0. The normalized spacial score (nSPS) is 11.8. The van der Waals surface area contributed by atoms with Crippen LogP contribution in [0.4, 0.5) is 0 Å². The highest BCUT2D eigenvalue weighted by atomic mass is 32.2. The molecule has 0 amide bonds. The molecule has 0 bridgehead atoms. The van der Waals surface area contributed by atoms with E-state index in [2.05, 4.69) is 32.9 Å². The van der Waals surface area contributed by atoms with Crippen LogP contribution in [0.3, 0.4) is 0 Å². The summed E-state index contributed by atoms with van der Waals surface area (Å²) in [6, 6.07) is 11.8. The van der Waals surface area contributed by atoms with Crippen LogP contribution in [-0.4, -0.2) is 17.6 Å². The van der Waals surface area contributed by atoms with E-state index in [1.165, 1.54) is 0 Å².